The Balaban J connectivity index is 2.08. The van der Waals surface area contributed by atoms with Gasteiger partial charge in [-0.05, 0) is 25.6 Å². The summed E-state index contributed by atoms with van der Waals surface area (Å²) in [6.45, 7) is 6.82. The van der Waals surface area contributed by atoms with Crippen LogP contribution in [0.15, 0.2) is 39.8 Å². The molecular weight excluding hydrogens is 302 g/mol. The molecule has 0 spiro atoms. The van der Waals surface area contributed by atoms with E-state index in [1.54, 1.807) is 37.5 Å². The standard InChI is InChI=1S/C15H21N3O3S/c1-4-16-11(2)9-17-22(19,20)14-7-5-13(6-8-14)15-10-21-12(3)18-15/h5-8,10-11,16-17H,4,9H2,1-3H3/t11-/m1/s1. The number of rotatable bonds is 7. The topological polar surface area (TPSA) is 84.2 Å². The minimum Gasteiger partial charge on any atom is -0.449 e. The fourth-order valence-corrected chi connectivity index (χ4v) is 3.17. The molecule has 0 saturated carbocycles. The summed E-state index contributed by atoms with van der Waals surface area (Å²) in [6.07, 6.45) is 1.55. The zero-order valence-electron chi connectivity index (χ0n) is 13.0. The number of hydrogen-bond acceptors (Lipinski definition) is 5. The third-order valence-corrected chi connectivity index (χ3v) is 4.65. The number of benzene rings is 1. The van der Waals surface area contributed by atoms with Gasteiger partial charge < -0.3 is 9.73 Å². The fourth-order valence-electron chi connectivity index (χ4n) is 2.04. The summed E-state index contributed by atoms with van der Waals surface area (Å²) >= 11 is 0. The van der Waals surface area contributed by atoms with Crippen LogP contribution in [0.5, 0.6) is 0 Å². The lowest BCUT2D eigenvalue weighted by Crippen LogP contribution is -2.38. The van der Waals surface area contributed by atoms with Gasteiger partial charge in [-0.25, -0.2) is 18.1 Å². The van der Waals surface area contributed by atoms with Gasteiger partial charge in [0.25, 0.3) is 0 Å². The predicted molar refractivity (Wildman–Crippen MR) is 85.0 cm³/mol. The average Bonchev–Trinajstić information content (AvgIpc) is 2.92. The molecule has 2 N–H and O–H groups in total. The van der Waals surface area contributed by atoms with Crippen LogP contribution in [0.25, 0.3) is 11.3 Å². The molecule has 0 unspecified atom stereocenters. The van der Waals surface area contributed by atoms with E-state index >= 15 is 0 Å². The molecule has 120 valence electrons. The monoisotopic (exact) mass is 323 g/mol. The summed E-state index contributed by atoms with van der Waals surface area (Å²) in [7, 11) is -3.50. The first kappa shape index (κ1) is 16.7. The number of aromatic nitrogens is 1. The van der Waals surface area contributed by atoms with Gasteiger partial charge in [-0.15, -0.1) is 0 Å². The van der Waals surface area contributed by atoms with Crippen LogP contribution in [0.2, 0.25) is 0 Å². The minimum absolute atomic E-state index is 0.0807. The van der Waals surface area contributed by atoms with Gasteiger partial charge in [0.05, 0.1) is 4.90 Å². The van der Waals surface area contributed by atoms with Crippen molar-refractivity contribution in [2.24, 2.45) is 0 Å². The summed E-state index contributed by atoms with van der Waals surface area (Å²) in [5.41, 5.74) is 1.51. The zero-order valence-corrected chi connectivity index (χ0v) is 13.8. The van der Waals surface area contributed by atoms with Crippen LogP contribution in [-0.4, -0.2) is 32.5 Å². The first-order valence-electron chi connectivity index (χ1n) is 7.18. The van der Waals surface area contributed by atoms with E-state index in [1.807, 2.05) is 13.8 Å². The first-order chi connectivity index (χ1) is 10.4. The van der Waals surface area contributed by atoms with Gasteiger partial charge in [0.1, 0.15) is 12.0 Å². The van der Waals surface area contributed by atoms with Gasteiger partial charge in [-0.3, -0.25) is 0 Å². The third kappa shape index (κ3) is 4.16. The quantitative estimate of drug-likeness (QED) is 0.813. The molecule has 0 amide bonds. The molecule has 0 fully saturated rings. The summed E-state index contributed by atoms with van der Waals surface area (Å²) in [6, 6.07) is 6.66. The van der Waals surface area contributed by atoms with Crippen molar-refractivity contribution in [3.05, 3.63) is 36.4 Å². The Labute approximate surface area is 131 Å². The lowest BCUT2D eigenvalue weighted by molar-refractivity contribution is 0.521. The van der Waals surface area contributed by atoms with Crippen molar-refractivity contribution in [3.63, 3.8) is 0 Å². The predicted octanol–water partition coefficient (Wildman–Crippen LogP) is 1.93. The Hall–Kier alpha value is -1.70. The average molecular weight is 323 g/mol. The number of nitrogens with one attached hydrogen (secondary N) is 2. The Morgan fingerprint density at radius 1 is 1.27 bits per heavy atom. The van der Waals surface area contributed by atoms with E-state index < -0.39 is 10.0 Å². The second-order valence-corrected chi connectivity index (χ2v) is 6.85. The molecule has 6 nitrogen and oxygen atoms in total. The Morgan fingerprint density at radius 2 is 1.95 bits per heavy atom. The van der Waals surface area contributed by atoms with Gasteiger partial charge >= 0.3 is 0 Å². The van der Waals surface area contributed by atoms with Crippen molar-refractivity contribution < 1.29 is 12.8 Å². The van der Waals surface area contributed by atoms with E-state index in [0.717, 1.165) is 12.1 Å². The second kappa shape index (κ2) is 7.04. The molecule has 0 aliphatic carbocycles. The van der Waals surface area contributed by atoms with Gasteiger partial charge in [0, 0.05) is 25.1 Å². The van der Waals surface area contributed by atoms with Gasteiger partial charge in [-0.1, -0.05) is 19.1 Å². The second-order valence-electron chi connectivity index (χ2n) is 5.09. The van der Waals surface area contributed by atoms with Crippen molar-refractivity contribution >= 4 is 10.0 Å². The highest BCUT2D eigenvalue weighted by molar-refractivity contribution is 7.89. The molecule has 22 heavy (non-hydrogen) atoms. The van der Waals surface area contributed by atoms with Crippen molar-refractivity contribution in [3.8, 4) is 11.3 Å². The SMILES string of the molecule is CCN[C@H](C)CNS(=O)(=O)c1ccc(-c2coc(C)n2)cc1. The van der Waals surface area contributed by atoms with Crippen LogP contribution in [0, 0.1) is 6.92 Å². The molecule has 0 saturated heterocycles. The van der Waals surface area contributed by atoms with Crippen LogP contribution in [0.3, 0.4) is 0 Å². The number of hydrogen-bond donors (Lipinski definition) is 2. The summed E-state index contributed by atoms with van der Waals surface area (Å²) in [5, 5.41) is 3.16. The minimum atomic E-state index is -3.50. The van der Waals surface area contributed by atoms with Crippen LogP contribution in [0.4, 0.5) is 0 Å². The number of nitrogens with zero attached hydrogens (tertiary/aromatic N) is 1. The van der Waals surface area contributed by atoms with E-state index in [0.29, 0.717) is 18.1 Å². The summed E-state index contributed by atoms with van der Waals surface area (Å²) < 4.78 is 32.2. The molecule has 7 heteroatoms. The smallest absolute Gasteiger partial charge is 0.240 e. The van der Waals surface area contributed by atoms with Crippen molar-refractivity contribution in [2.75, 3.05) is 13.1 Å². The molecular formula is C15H21N3O3S. The third-order valence-electron chi connectivity index (χ3n) is 3.21. The van der Waals surface area contributed by atoms with E-state index in [-0.39, 0.29) is 10.9 Å². The van der Waals surface area contributed by atoms with Crippen molar-refractivity contribution in [2.45, 2.75) is 31.7 Å². The summed E-state index contributed by atoms with van der Waals surface area (Å²) in [4.78, 5) is 4.45. The number of oxazole rings is 1. The van der Waals surface area contributed by atoms with E-state index in [2.05, 4.69) is 15.0 Å². The molecule has 0 aliphatic rings. The van der Waals surface area contributed by atoms with Crippen molar-refractivity contribution in [1.29, 1.82) is 0 Å². The van der Waals surface area contributed by atoms with Gasteiger partial charge in [0.15, 0.2) is 5.89 Å². The van der Waals surface area contributed by atoms with Crippen LogP contribution in [-0.2, 0) is 10.0 Å². The van der Waals surface area contributed by atoms with Crippen LogP contribution < -0.4 is 10.0 Å². The van der Waals surface area contributed by atoms with Gasteiger partial charge in [0.2, 0.25) is 10.0 Å². The highest BCUT2D eigenvalue weighted by Crippen LogP contribution is 2.20. The normalized spacial score (nSPS) is 13.2. The lowest BCUT2D eigenvalue weighted by Gasteiger charge is -2.13. The molecule has 1 aromatic carbocycles. The van der Waals surface area contributed by atoms with E-state index in [1.165, 1.54) is 0 Å². The molecule has 1 aromatic heterocycles. The van der Waals surface area contributed by atoms with E-state index in [9.17, 15) is 8.42 Å². The molecule has 2 aromatic rings. The lowest BCUT2D eigenvalue weighted by atomic mass is 10.2. The maximum Gasteiger partial charge on any atom is 0.240 e. The number of sulfonamides is 1. The van der Waals surface area contributed by atoms with Crippen molar-refractivity contribution in [1.82, 2.24) is 15.0 Å². The maximum absolute atomic E-state index is 12.2. The van der Waals surface area contributed by atoms with Gasteiger partial charge in [-0.2, -0.15) is 0 Å². The first-order valence-corrected chi connectivity index (χ1v) is 8.66. The largest absolute Gasteiger partial charge is 0.449 e. The highest BCUT2D eigenvalue weighted by atomic mass is 32.2. The molecule has 0 aliphatic heterocycles. The highest BCUT2D eigenvalue weighted by Gasteiger charge is 2.15. The Kier molecular flexibility index (Phi) is 5.33. The number of aryl methyl sites for hydroxylation is 1. The van der Waals surface area contributed by atoms with E-state index in [4.69, 9.17) is 4.42 Å². The Morgan fingerprint density at radius 3 is 2.50 bits per heavy atom. The number of likely N-dealkylation sites (N-methyl/N-ethyl adjacent to an activating group) is 1. The van der Waals surface area contributed by atoms with Crippen LogP contribution >= 0.6 is 0 Å². The van der Waals surface area contributed by atoms with Crippen LogP contribution in [0.1, 0.15) is 19.7 Å². The fraction of sp³-hybridized carbons (Fsp3) is 0.400. The molecule has 0 radical (unpaired) electrons. The zero-order chi connectivity index (χ0) is 16.2. The maximum atomic E-state index is 12.2. The molecule has 1 atom stereocenters. The summed E-state index contributed by atoms with van der Waals surface area (Å²) in [5.74, 6) is 0.575. The Bertz CT molecular complexity index is 708. The molecule has 2 rings (SSSR count). The molecule has 1 heterocycles. The molecule has 0 bridgehead atoms.